The molecular weight excluding hydrogens is 354 g/mol. The fourth-order valence-electron chi connectivity index (χ4n) is 2.15. The summed E-state index contributed by atoms with van der Waals surface area (Å²) < 4.78 is 31.9. The highest BCUT2D eigenvalue weighted by Crippen LogP contribution is 2.09. The van der Waals surface area contributed by atoms with Crippen molar-refractivity contribution in [1.82, 2.24) is 14.7 Å². The first-order valence-corrected chi connectivity index (χ1v) is 10.1. The van der Waals surface area contributed by atoms with E-state index in [2.05, 4.69) is 25.3 Å². The first-order chi connectivity index (χ1) is 12.5. The van der Waals surface area contributed by atoms with E-state index in [4.69, 9.17) is 4.74 Å². The first kappa shape index (κ1) is 19.9. The second-order valence-corrected chi connectivity index (χ2v) is 7.48. The van der Waals surface area contributed by atoms with Gasteiger partial charge in [-0.15, -0.1) is 0 Å². The Morgan fingerprint density at radius 1 is 1.08 bits per heavy atom. The van der Waals surface area contributed by atoms with Gasteiger partial charge in [-0.25, -0.2) is 18.1 Å². The third-order valence-corrected chi connectivity index (χ3v) is 4.65. The summed E-state index contributed by atoms with van der Waals surface area (Å²) in [5, 5.41) is 6.14. The van der Waals surface area contributed by atoms with Gasteiger partial charge in [-0.1, -0.05) is 18.2 Å². The van der Waals surface area contributed by atoms with Gasteiger partial charge in [-0.3, -0.25) is 0 Å². The number of aromatic nitrogens is 2. The van der Waals surface area contributed by atoms with E-state index in [1.54, 1.807) is 12.1 Å². The maximum Gasteiger partial charge on any atom is 0.224 e. The lowest BCUT2D eigenvalue weighted by Gasteiger charge is -2.10. The molecule has 8 nitrogen and oxygen atoms in total. The van der Waals surface area contributed by atoms with Crippen LogP contribution < -0.4 is 20.1 Å². The molecule has 0 atom stereocenters. The second-order valence-electron chi connectivity index (χ2n) is 5.55. The monoisotopic (exact) mass is 379 g/mol. The molecule has 9 heteroatoms. The number of benzene rings is 1. The van der Waals surface area contributed by atoms with Crippen LogP contribution in [-0.2, 0) is 10.0 Å². The van der Waals surface area contributed by atoms with E-state index in [0.717, 1.165) is 12.2 Å². The van der Waals surface area contributed by atoms with E-state index in [0.29, 0.717) is 24.1 Å². The van der Waals surface area contributed by atoms with E-state index in [9.17, 15) is 8.42 Å². The maximum atomic E-state index is 12.0. The first-order valence-electron chi connectivity index (χ1n) is 8.47. The van der Waals surface area contributed by atoms with Gasteiger partial charge in [0.1, 0.15) is 18.2 Å². The Morgan fingerprint density at radius 2 is 1.85 bits per heavy atom. The summed E-state index contributed by atoms with van der Waals surface area (Å²) in [5.74, 6) is 1.76. The topological polar surface area (TPSA) is 105 Å². The van der Waals surface area contributed by atoms with Gasteiger partial charge in [0.05, 0.1) is 5.75 Å². The molecule has 2 aromatic rings. The Kier molecular flexibility index (Phi) is 7.61. The minimum absolute atomic E-state index is 0.0981. The molecule has 1 aromatic carbocycles. The van der Waals surface area contributed by atoms with E-state index < -0.39 is 10.0 Å². The summed E-state index contributed by atoms with van der Waals surface area (Å²) >= 11 is 0. The van der Waals surface area contributed by atoms with Crippen molar-refractivity contribution < 1.29 is 13.2 Å². The van der Waals surface area contributed by atoms with Crippen LogP contribution >= 0.6 is 0 Å². The van der Waals surface area contributed by atoms with Crippen LogP contribution in [-0.4, -0.2) is 50.4 Å². The average molecular weight is 379 g/mol. The van der Waals surface area contributed by atoms with Crippen LogP contribution in [0.25, 0.3) is 0 Å². The molecule has 3 N–H and O–H groups in total. The Bertz CT molecular complexity index is 784. The third kappa shape index (κ3) is 7.24. The molecule has 0 bridgehead atoms. The zero-order valence-electron chi connectivity index (χ0n) is 15.0. The molecule has 0 fully saturated rings. The lowest BCUT2D eigenvalue weighted by atomic mass is 10.3. The van der Waals surface area contributed by atoms with Crippen LogP contribution in [0.15, 0.2) is 36.4 Å². The smallest absolute Gasteiger partial charge is 0.224 e. The van der Waals surface area contributed by atoms with Crippen LogP contribution in [0.4, 0.5) is 11.8 Å². The van der Waals surface area contributed by atoms with Crippen molar-refractivity contribution in [2.75, 3.05) is 42.6 Å². The van der Waals surface area contributed by atoms with Crippen molar-refractivity contribution in [1.29, 1.82) is 0 Å². The normalized spacial score (nSPS) is 11.2. The number of hydrogen-bond donors (Lipinski definition) is 3. The molecule has 0 radical (unpaired) electrons. The molecular formula is C17H25N5O3S. The highest BCUT2D eigenvalue weighted by Gasteiger charge is 2.10. The van der Waals surface area contributed by atoms with Gasteiger partial charge >= 0.3 is 0 Å². The van der Waals surface area contributed by atoms with Crippen LogP contribution in [0.5, 0.6) is 5.75 Å². The number of nitrogens with zero attached hydrogens (tertiary/aromatic N) is 2. The quantitative estimate of drug-likeness (QED) is 0.510. The van der Waals surface area contributed by atoms with Crippen LogP contribution in [0.3, 0.4) is 0 Å². The molecule has 26 heavy (non-hydrogen) atoms. The van der Waals surface area contributed by atoms with Crippen molar-refractivity contribution in [3.63, 3.8) is 0 Å². The van der Waals surface area contributed by atoms with E-state index >= 15 is 0 Å². The molecule has 1 aromatic heterocycles. The van der Waals surface area contributed by atoms with E-state index in [1.807, 2.05) is 38.1 Å². The number of anilines is 2. The number of ether oxygens (including phenoxy) is 1. The second kappa shape index (κ2) is 9.93. The van der Waals surface area contributed by atoms with Gasteiger partial charge in [-0.05, 0) is 26.0 Å². The summed E-state index contributed by atoms with van der Waals surface area (Å²) in [4.78, 5) is 8.57. The Hall–Kier alpha value is -2.39. The average Bonchev–Trinajstić information content (AvgIpc) is 2.59. The SMILES string of the molecule is CCNc1nc(C)cc(NCCNS(=O)(=O)CCOc2ccccc2)n1. The fourth-order valence-corrected chi connectivity index (χ4v) is 3.01. The number of para-hydroxylation sites is 1. The molecule has 1 heterocycles. The van der Waals surface area contributed by atoms with Crippen LogP contribution in [0, 0.1) is 6.92 Å². The van der Waals surface area contributed by atoms with Crippen molar-refractivity contribution in [3.8, 4) is 5.75 Å². The van der Waals surface area contributed by atoms with Crippen molar-refractivity contribution in [2.24, 2.45) is 0 Å². The summed E-state index contributed by atoms with van der Waals surface area (Å²) in [6.07, 6.45) is 0. The van der Waals surface area contributed by atoms with Crippen molar-refractivity contribution in [2.45, 2.75) is 13.8 Å². The molecule has 0 aliphatic carbocycles. The molecule has 0 saturated carbocycles. The van der Waals surface area contributed by atoms with Crippen molar-refractivity contribution >= 4 is 21.8 Å². The standard InChI is InChI=1S/C17H25N5O3S/c1-3-18-17-21-14(2)13-16(22-17)19-9-10-20-26(23,24)12-11-25-15-7-5-4-6-8-15/h4-8,13,20H,3,9-12H2,1-2H3,(H2,18,19,21,22). The summed E-state index contributed by atoms with van der Waals surface area (Å²) in [6, 6.07) is 10.9. The zero-order chi connectivity index (χ0) is 18.8. The Balaban J connectivity index is 1.71. The minimum atomic E-state index is -3.39. The van der Waals surface area contributed by atoms with E-state index in [1.165, 1.54) is 0 Å². The third-order valence-electron chi connectivity index (χ3n) is 3.31. The molecule has 0 unspecified atom stereocenters. The minimum Gasteiger partial charge on any atom is -0.492 e. The molecule has 2 rings (SSSR count). The number of aryl methyl sites for hydroxylation is 1. The van der Waals surface area contributed by atoms with Gasteiger partial charge in [-0.2, -0.15) is 4.98 Å². The number of nitrogens with one attached hydrogen (secondary N) is 3. The molecule has 0 spiro atoms. The zero-order valence-corrected chi connectivity index (χ0v) is 15.8. The highest BCUT2D eigenvalue weighted by atomic mass is 32.2. The van der Waals surface area contributed by atoms with E-state index in [-0.39, 0.29) is 18.9 Å². The van der Waals surface area contributed by atoms with Gasteiger partial charge < -0.3 is 15.4 Å². The predicted octanol–water partition coefficient (Wildman–Crippen LogP) is 1.63. The van der Waals surface area contributed by atoms with Crippen LogP contribution in [0.2, 0.25) is 0 Å². The lowest BCUT2D eigenvalue weighted by molar-refractivity contribution is 0.340. The molecule has 0 aliphatic rings. The molecule has 142 valence electrons. The maximum absolute atomic E-state index is 12.0. The largest absolute Gasteiger partial charge is 0.492 e. The lowest BCUT2D eigenvalue weighted by Crippen LogP contribution is -2.32. The molecule has 0 aliphatic heterocycles. The highest BCUT2D eigenvalue weighted by molar-refractivity contribution is 7.89. The van der Waals surface area contributed by atoms with Gasteiger partial charge in [0.2, 0.25) is 16.0 Å². The number of hydrogen-bond acceptors (Lipinski definition) is 7. The summed E-state index contributed by atoms with van der Waals surface area (Å²) in [6.45, 7) is 5.35. The molecule has 0 amide bonds. The number of sulfonamides is 1. The summed E-state index contributed by atoms with van der Waals surface area (Å²) in [7, 11) is -3.39. The Labute approximate surface area is 154 Å². The van der Waals surface area contributed by atoms with Crippen molar-refractivity contribution in [3.05, 3.63) is 42.1 Å². The van der Waals surface area contributed by atoms with Gasteiger partial charge in [0.25, 0.3) is 0 Å². The fraction of sp³-hybridized carbons (Fsp3) is 0.412. The van der Waals surface area contributed by atoms with Gasteiger partial charge in [0.15, 0.2) is 0 Å². The summed E-state index contributed by atoms with van der Waals surface area (Å²) in [5.41, 5.74) is 0.831. The number of rotatable bonds is 11. The Morgan fingerprint density at radius 3 is 2.58 bits per heavy atom. The predicted molar refractivity (Wildman–Crippen MR) is 103 cm³/mol. The van der Waals surface area contributed by atoms with Gasteiger partial charge in [0, 0.05) is 31.4 Å². The van der Waals surface area contributed by atoms with Crippen LogP contribution in [0.1, 0.15) is 12.6 Å². The molecule has 0 saturated heterocycles.